The van der Waals surface area contributed by atoms with Gasteiger partial charge in [-0.1, -0.05) is 6.92 Å². The molecule has 0 aromatic carbocycles. The van der Waals surface area contributed by atoms with E-state index in [4.69, 9.17) is 0 Å². The predicted octanol–water partition coefficient (Wildman–Crippen LogP) is 1.99. The van der Waals surface area contributed by atoms with Crippen molar-refractivity contribution < 1.29 is 4.48 Å². The molecular weight excluding hydrogens is 105 g/mol. The molecule has 0 radical (unpaired) electrons. The average molecular weight is 119 g/mol. The minimum absolute atomic E-state index is 0.0833. The van der Waals surface area contributed by atoms with Crippen LogP contribution in [-0.2, 0) is 0 Å². The Kier molecular flexibility index (Phi) is 3.79. The zero-order valence-electron chi connectivity index (χ0n) is 5.82. The van der Waals surface area contributed by atoms with Crippen molar-refractivity contribution in [2.45, 2.75) is 33.2 Å². The molecule has 50 valence electrons. The summed E-state index contributed by atoms with van der Waals surface area (Å²) >= 11 is 0. The third-order valence-electron chi connectivity index (χ3n) is 1.37. The SMILES string of the molecule is CCC(C)N(F)CC. The van der Waals surface area contributed by atoms with E-state index >= 15 is 0 Å². The molecule has 0 rings (SSSR count). The summed E-state index contributed by atoms with van der Waals surface area (Å²) < 4.78 is 12.4. The Morgan fingerprint density at radius 2 is 2.00 bits per heavy atom. The standard InChI is InChI=1S/C6H14FN/c1-4-6(3)8(7)5-2/h6H,4-5H2,1-3H3. The van der Waals surface area contributed by atoms with Crippen LogP contribution in [0.1, 0.15) is 27.2 Å². The van der Waals surface area contributed by atoms with Crippen molar-refractivity contribution in [1.82, 2.24) is 5.12 Å². The first-order valence-corrected chi connectivity index (χ1v) is 3.14. The maximum absolute atomic E-state index is 12.4. The van der Waals surface area contributed by atoms with Crippen LogP contribution in [0.5, 0.6) is 0 Å². The molecule has 2 heteroatoms. The van der Waals surface area contributed by atoms with Crippen LogP contribution < -0.4 is 0 Å². The summed E-state index contributed by atoms with van der Waals surface area (Å²) in [6.07, 6.45) is 0.879. The number of rotatable bonds is 3. The van der Waals surface area contributed by atoms with Gasteiger partial charge in [0.2, 0.25) is 0 Å². The monoisotopic (exact) mass is 119 g/mol. The summed E-state index contributed by atoms with van der Waals surface area (Å²) in [7, 11) is 0. The van der Waals surface area contributed by atoms with Crippen molar-refractivity contribution in [2.75, 3.05) is 6.54 Å². The Labute approximate surface area is 50.4 Å². The second-order valence-electron chi connectivity index (χ2n) is 1.97. The fourth-order valence-corrected chi connectivity index (χ4v) is 0.510. The van der Waals surface area contributed by atoms with Crippen LogP contribution in [0.3, 0.4) is 0 Å². The molecule has 0 aliphatic heterocycles. The van der Waals surface area contributed by atoms with E-state index in [2.05, 4.69) is 0 Å². The first-order valence-electron chi connectivity index (χ1n) is 3.14. The summed E-state index contributed by atoms with van der Waals surface area (Å²) in [5, 5.41) is 0.847. The second kappa shape index (κ2) is 3.84. The van der Waals surface area contributed by atoms with Crippen molar-refractivity contribution in [3.8, 4) is 0 Å². The van der Waals surface area contributed by atoms with Gasteiger partial charge in [0.25, 0.3) is 0 Å². The van der Waals surface area contributed by atoms with Gasteiger partial charge < -0.3 is 0 Å². The smallest absolute Gasteiger partial charge is 0.0371 e. The van der Waals surface area contributed by atoms with Crippen LogP contribution in [0, 0.1) is 0 Å². The van der Waals surface area contributed by atoms with Gasteiger partial charge in [-0.05, 0) is 20.3 Å². The molecule has 0 spiro atoms. The minimum Gasteiger partial charge on any atom is -0.144 e. The molecule has 0 saturated heterocycles. The van der Waals surface area contributed by atoms with E-state index in [1.165, 1.54) is 0 Å². The van der Waals surface area contributed by atoms with E-state index in [9.17, 15) is 4.48 Å². The summed E-state index contributed by atoms with van der Waals surface area (Å²) in [4.78, 5) is 0. The highest BCUT2D eigenvalue weighted by Crippen LogP contribution is 2.01. The van der Waals surface area contributed by atoms with Crippen molar-refractivity contribution in [3.63, 3.8) is 0 Å². The molecule has 0 aliphatic rings. The van der Waals surface area contributed by atoms with E-state index in [0.717, 1.165) is 11.5 Å². The Balaban J connectivity index is 3.29. The second-order valence-corrected chi connectivity index (χ2v) is 1.97. The van der Waals surface area contributed by atoms with Gasteiger partial charge in [-0.25, -0.2) is 0 Å². The van der Waals surface area contributed by atoms with Crippen LogP contribution in [0.25, 0.3) is 0 Å². The van der Waals surface area contributed by atoms with Gasteiger partial charge in [0, 0.05) is 12.6 Å². The largest absolute Gasteiger partial charge is 0.144 e. The molecule has 0 saturated carbocycles. The van der Waals surface area contributed by atoms with Crippen molar-refractivity contribution >= 4 is 0 Å². The van der Waals surface area contributed by atoms with Crippen LogP contribution in [0.2, 0.25) is 0 Å². The third kappa shape index (κ3) is 2.26. The van der Waals surface area contributed by atoms with E-state index in [1.54, 1.807) is 0 Å². The first kappa shape index (κ1) is 7.89. The molecule has 1 unspecified atom stereocenters. The lowest BCUT2D eigenvalue weighted by atomic mass is 10.3. The summed E-state index contributed by atoms with van der Waals surface area (Å²) in [6.45, 7) is 6.16. The van der Waals surface area contributed by atoms with Gasteiger partial charge >= 0.3 is 0 Å². The lowest BCUT2D eigenvalue weighted by Gasteiger charge is -2.15. The van der Waals surface area contributed by atoms with Crippen LogP contribution >= 0.6 is 0 Å². The summed E-state index contributed by atoms with van der Waals surface area (Å²) in [5.74, 6) is 0. The molecule has 1 atom stereocenters. The molecule has 0 aromatic rings. The van der Waals surface area contributed by atoms with Crippen LogP contribution in [-0.4, -0.2) is 17.7 Å². The van der Waals surface area contributed by atoms with E-state index < -0.39 is 0 Å². The van der Waals surface area contributed by atoms with Crippen molar-refractivity contribution in [2.24, 2.45) is 0 Å². The average Bonchev–Trinajstić information content (AvgIpc) is 1.84. The highest BCUT2D eigenvalue weighted by molar-refractivity contribution is 4.52. The van der Waals surface area contributed by atoms with Crippen molar-refractivity contribution in [3.05, 3.63) is 0 Å². The molecule has 8 heavy (non-hydrogen) atoms. The minimum atomic E-state index is 0.0833. The molecule has 0 N–H and O–H groups in total. The maximum Gasteiger partial charge on any atom is 0.0371 e. The highest BCUT2D eigenvalue weighted by Gasteiger charge is 2.05. The number of nitrogens with zero attached hydrogens (tertiary/aromatic N) is 1. The van der Waals surface area contributed by atoms with E-state index in [1.807, 2.05) is 20.8 Å². The molecule has 0 bridgehead atoms. The molecule has 1 nitrogen and oxygen atoms in total. The number of halogens is 1. The molecule has 0 amide bonds. The fourth-order valence-electron chi connectivity index (χ4n) is 0.510. The van der Waals surface area contributed by atoms with E-state index in [0.29, 0.717) is 6.54 Å². The third-order valence-corrected chi connectivity index (χ3v) is 1.37. The normalized spacial score (nSPS) is 14.6. The molecule has 0 aliphatic carbocycles. The Bertz CT molecular complexity index is 48.5. The molecule has 0 heterocycles. The first-order chi connectivity index (χ1) is 3.72. The summed E-state index contributed by atoms with van der Waals surface area (Å²) in [6, 6.07) is 0.0833. The Morgan fingerprint density at radius 3 is 2.12 bits per heavy atom. The molecular formula is C6H14FN. The van der Waals surface area contributed by atoms with Gasteiger partial charge in [-0.2, -0.15) is 0 Å². The predicted molar refractivity (Wildman–Crippen MR) is 33.2 cm³/mol. The topological polar surface area (TPSA) is 3.24 Å². The van der Waals surface area contributed by atoms with Crippen molar-refractivity contribution in [1.29, 1.82) is 0 Å². The lowest BCUT2D eigenvalue weighted by molar-refractivity contribution is -0.0104. The zero-order chi connectivity index (χ0) is 6.57. The highest BCUT2D eigenvalue weighted by atomic mass is 19.2. The zero-order valence-corrected chi connectivity index (χ0v) is 5.82. The molecule has 0 fully saturated rings. The van der Waals surface area contributed by atoms with Gasteiger partial charge in [-0.3, -0.25) is 0 Å². The quantitative estimate of drug-likeness (QED) is 0.513. The molecule has 0 aromatic heterocycles. The van der Waals surface area contributed by atoms with Crippen LogP contribution in [0.4, 0.5) is 4.48 Å². The van der Waals surface area contributed by atoms with Gasteiger partial charge in [0.1, 0.15) is 0 Å². The Morgan fingerprint density at radius 1 is 1.50 bits per heavy atom. The van der Waals surface area contributed by atoms with Crippen LogP contribution in [0.15, 0.2) is 0 Å². The van der Waals surface area contributed by atoms with Gasteiger partial charge in [0.05, 0.1) is 0 Å². The number of hydrogen-bond donors (Lipinski definition) is 0. The maximum atomic E-state index is 12.4. The number of hydrogen-bond acceptors (Lipinski definition) is 1. The van der Waals surface area contributed by atoms with E-state index in [-0.39, 0.29) is 6.04 Å². The van der Waals surface area contributed by atoms with Gasteiger partial charge in [-0.15, -0.1) is 9.60 Å². The summed E-state index contributed by atoms with van der Waals surface area (Å²) in [5.41, 5.74) is 0. The van der Waals surface area contributed by atoms with Gasteiger partial charge in [0.15, 0.2) is 0 Å². The fraction of sp³-hybridized carbons (Fsp3) is 1.00. The Hall–Kier alpha value is -0.110. The lowest BCUT2D eigenvalue weighted by Crippen LogP contribution is -2.23.